The third-order valence-electron chi connectivity index (χ3n) is 4.56. The molecule has 168 valence electrons. The van der Waals surface area contributed by atoms with Gasteiger partial charge in [0.25, 0.3) is 0 Å². The average Bonchev–Trinajstić information content (AvgIpc) is 3.27. The van der Waals surface area contributed by atoms with Crippen molar-refractivity contribution < 1.29 is 18.0 Å². The van der Waals surface area contributed by atoms with Crippen LogP contribution in [-0.2, 0) is 32.6 Å². The summed E-state index contributed by atoms with van der Waals surface area (Å²) in [7, 11) is -4.13. The van der Waals surface area contributed by atoms with Gasteiger partial charge >= 0.3 is 0 Å². The van der Waals surface area contributed by atoms with Crippen molar-refractivity contribution in [2.45, 2.75) is 37.8 Å². The second-order valence-corrected chi connectivity index (χ2v) is 9.64. The topological polar surface area (TPSA) is 117 Å². The van der Waals surface area contributed by atoms with Crippen molar-refractivity contribution in [3.8, 4) is 0 Å². The van der Waals surface area contributed by atoms with E-state index in [1.165, 1.54) is 30.4 Å². The lowest BCUT2D eigenvalue weighted by Gasteiger charge is -2.20. The number of anilines is 1. The van der Waals surface area contributed by atoms with Gasteiger partial charge in [0.15, 0.2) is 0 Å². The van der Waals surface area contributed by atoms with E-state index in [1.54, 1.807) is 18.5 Å². The number of hydrogen-bond acceptors (Lipinski definition) is 6. The molecule has 2 amide bonds. The van der Waals surface area contributed by atoms with E-state index in [0.29, 0.717) is 11.3 Å². The van der Waals surface area contributed by atoms with Crippen LogP contribution in [0.5, 0.6) is 0 Å². The molecule has 0 bridgehead atoms. The molecule has 3 aromatic rings. The van der Waals surface area contributed by atoms with Crippen LogP contribution >= 0.6 is 11.3 Å². The second-order valence-electron chi connectivity index (χ2n) is 7.24. The summed E-state index contributed by atoms with van der Waals surface area (Å²) < 4.78 is 29.1. The molecule has 2 aromatic carbocycles. The first-order valence-electron chi connectivity index (χ1n) is 9.84. The highest BCUT2D eigenvalue weighted by Gasteiger charge is 2.28. The molecule has 0 aliphatic heterocycles. The highest BCUT2D eigenvalue weighted by molar-refractivity contribution is 7.89. The van der Waals surface area contributed by atoms with Crippen LogP contribution in [0.15, 0.2) is 64.3 Å². The van der Waals surface area contributed by atoms with Gasteiger partial charge in [0, 0.05) is 12.3 Å². The molecule has 0 unspecified atom stereocenters. The van der Waals surface area contributed by atoms with Gasteiger partial charge in [0.1, 0.15) is 10.9 Å². The molecule has 0 aliphatic rings. The number of aryl methyl sites for hydroxylation is 1. The number of nitrogens with zero attached hydrogens (tertiary/aromatic N) is 1. The minimum Gasteiger partial charge on any atom is -0.349 e. The van der Waals surface area contributed by atoms with Crippen molar-refractivity contribution in [1.82, 2.24) is 15.0 Å². The first-order valence-corrected chi connectivity index (χ1v) is 12.3. The fraction of sp³-hybridized carbons (Fsp3) is 0.227. The van der Waals surface area contributed by atoms with Crippen LogP contribution < -0.4 is 15.4 Å². The molecule has 0 spiro atoms. The van der Waals surface area contributed by atoms with Crippen LogP contribution in [0.2, 0.25) is 0 Å². The van der Waals surface area contributed by atoms with E-state index in [-0.39, 0.29) is 23.5 Å². The predicted molar refractivity (Wildman–Crippen MR) is 124 cm³/mol. The van der Waals surface area contributed by atoms with Crippen molar-refractivity contribution in [2.24, 2.45) is 0 Å². The van der Waals surface area contributed by atoms with Gasteiger partial charge in [-0.15, -0.1) is 11.3 Å². The zero-order valence-electron chi connectivity index (χ0n) is 17.7. The summed E-state index contributed by atoms with van der Waals surface area (Å²) in [5.74, 6) is -0.869. The summed E-state index contributed by atoms with van der Waals surface area (Å²) in [6.45, 7) is 3.24. The summed E-state index contributed by atoms with van der Waals surface area (Å²) in [5, 5.41) is 7.09. The molecule has 1 atom stereocenters. The first kappa shape index (κ1) is 23.6. The van der Waals surface area contributed by atoms with Gasteiger partial charge in [0.2, 0.25) is 21.8 Å². The zero-order chi connectivity index (χ0) is 23.1. The number of aromatic nitrogens is 1. The summed E-state index contributed by atoms with van der Waals surface area (Å²) in [6, 6.07) is 12.8. The summed E-state index contributed by atoms with van der Waals surface area (Å²) in [5.41, 5.74) is 4.00. The van der Waals surface area contributed by atoms with Crippen molar-refractivity contribution in [3.05, 3.63) is 76.2 Å². The molecule has 0 radical (unpaired) electrons. The van der Waals surface area contributed by atoms with Crippen molar-refractivity contribution >= 4 is 38.9 Å². The van der Waals surface area contributed by atoms with Gasteiger partial charge in [-0.2, -0.15) is 4.72 Å². The molecule has 1 heterocycles. The zero-order valence-corrected chi connectivity index (χ0v) is 19.3. The quantitative estimate of drug-likeness (QED) is 0.443. The van der Waals surface area contributed by atoms with E-state index < -0.39 is 27.9 Å². The van der Waals surface area contributed by atoms with Crippen LogP contribution in [0.1, 0.15) is 23.7 Å². The minimum absolute atomic E-state index is 0.0990. The normalized spacial score (nSPS) is 12.2. The molecular formula is C22H24N4O4S2. The van der Waals surface area contributed by atoms with Crippen LogP contribution in [0, 0.1) is 6.92 Å². The molecule has 32 heavy (non-hydrogen) atoms. The number of amides is 2. The van der Waals surface area contributed by atoms with Crippen molar-refractivity contribution in [2.75, 3.05) is 5.32 Å². The number of carbonyl (C=O) groups excluding carboxylic acids is 2. The third-order valence-corrected chi connectivity index (χ3v) is 6.71. The highest BCUT2D eigenvalue weighted by atomic mass is 32.2. The fourth-order valence-electron chi connectivity index (χ4n) is 3.06. The van der Waals surface area contributed by atoms with E-state index in [1.807, 2.05) is 35.7 Å². The molecule has 3 rings (SSSR count). The van der Waals surface area contributed by atoms with Crippen molar-refractivity contribution in [3.63, 3.8) is 0 Å². The molecule has 0 saturated carbocycles. The Kier molecular flexibility index (Phi) is 7.73. The molecule has 10 heteroatoms. The smallest absolute Gasteiger partial charge is 0.243 e. The maximum absolute atomic E-state index is 13.3. The van der Waals surface area contributed by atoms with Crippen LogP contribution in [0.4, 0.5) is 5.69 Å². The van der Waals surface area contributed by atoms with Gasteiger partial charge < -0.3 is 10.6 Å². The monoisotopic (exact) mass is 472 g/mol. The summed E-state index contributed by atoms with van der Waals surface area (Å²) in [6.07, 6.45) is 0.157. The number of thiazole rings is 1. The maximum atomic E-state index is 13.3. The lowest BCUT2D eigenvalue weighted by Crippen LogP contribution is -2.47. The predicted octanol–water partition coefficient (Wildman–Crippen LogP) is 2.62. The Hall–Kier alpha value is -3.08. The maximum Gasteiger partial charge on any atom is 0.243 e. The Bertz CT molecular complexity index is 1180. The number of carbonyl (C=O) groups is 2. The molecule has 1 aromatic heterocycles. The Morgan fingerprint density at radius 2 is 1.88 bits per heavy atom. The lowest BCUT2D eigenvalue weighted by molar-refractivity contribution is -0.123. The molecule has 3 N–H and O–H groups in total. The van der Waals surface area contributed by atoms with Crippen LogP contribution in [0.25, 0.3) is 0 Å². The largest absolute Gasteiger partial charge is 0.349 e. The highest BCUT2D eigenvalue weighted by Crippen LogP contribution is 2.23. The van der Waals surface area contributed by atoms with Gasteiger partial charge in [0.05, 0.1) is 23.4 Å². The lowest BCUT2D eigenvalue weighted by atomic mass is 10.1. The Morgan fingerprint density at radius 3 is 2.53 bits per heavy atom. The Balaban J connectivity index is 1.88. The number of sulfonamides is 1. The molecular weight excluding hydrogens is 448 g/mol. The Morgan fingerprint density at radius 1 is 1.12 bits per heavy atom. The fourth-order valence-corrected chi connectivity index (χ4v) is 5.06. The van der Waals surface area contributed by atoms with Gasteiger partial charge in [-0.3, -0.25) is 9.59 Å². The number of benzene rings is 2. The van der Waals surface area contributed by atoms with Crippen LogP contribution in [0.3, 0.4) is 0 Å². The summed E-state index contributed by atoms with van der Waals surface area (Å²) >= 11 is 1.41. The molecule has 8 nitrogen and oxygen atoms in total. The molecule has 0 fully saturated rings. The van der Waals surface area contributed by atoms with E-state index in [9.17, 15) is 18.0 Å². The van der Waals surface area contributed by atoms with Gasteiger partial charge in [-0.1, -0.05) is 36.4 Å². The Labute approximate surface area is 191 Å². The van der Waals surface area contributed by atoms with E-state index in [4.69, 9.17) is 0 Å². The van der Waals surface area contributed by atoms with Gasteiger partial charge in [-0.25, -0.2) is 13.4 Å². The van der Waals surface area contributed by atoms with E-state index in [0.717, 1.165) is 5.56 Å². The minimum atomic E-state index is -4.13. The van der Waals surface area contributed by atoms with Crippen LogP contribution in [-0.4, -0.2) is 31.3 Å². The van der Waals surface area contributed by atoms with Gasteiger partial charge in [-0.05, 0) is 36.6 Å². The summed E-state index contributed by atoms with van der Waals surface area (Å²) in [4.78, 5) is 28.5. The number of rotatable bonds is 9. The average molecular weight is 473 g/mol. The SMILES string of the molecule is CC(=O)Nc1ccc(C)cc1S(=O)(=O)N[C@@H](Cc1ccccc1)C(=O)NCc1cscn1. The number of nitrogens with one attached hydrogen (secondary N) is 3. The number of hydrogen-bond donors (Lipinski definition) is 3. The standard InChI is InChI=1S/C22H24N4O4S2/c1-15-8-9-19(25-16(2)27)21(10-15)32(29,30)26-20(11-17-6-4-3-5-7-17)22(28)23-12-18-13-31-14-24-18/h3-10,13-14,20,26H,11-12H2,1-2H3,(H,23,28)(H,25,27)/t20-/m0/s1. The second kappa shape index (κ2) is 10.5. The van der Waals surface area contributed by atoms with E-state index >= 15 is 0 Å². The molecule has 0 saturated heterocycles. The van der Waals surface area contributed by atoms with E-state index in [2.05, 4.69) is 20.3 Å². The van der Waals surface area contributed by atoms with Crippen molar-refractivity contribution in [1.29, 1.82) is 0 Å². The first-order chi connectivity index (χ1) is 15.2. The molecule has 0 aliphatic carbocycles. The third kappa shape index (κ3) is 6.46.